The molecule has 10 aromatic rings. The lowest BCUT2D eigenvalue weighted by molar-refractivity contribution is 1.13. The predicted octanol–water partition coefficient (Wildman–Crippen LogP) is 12.7. The summed E-state index contributed by atoms with van der Waals surface area (Å²) >= 11 is 0. The molecule has 0 aliphatic rings. The first kappa shape index (κ1) is 31.6. The summed E-state index contributed by atoms with van der Waals surface area (Å²) in [6.45, 7) is 4.43. The zero-order valence-electron chi connectivity index (χ0n) is 30.0. The highest BCUT2D eigenvalue weighted by molar-refractivity contribution is 6.09. The van der Waals surface area contributed by atoms with Gasteiger partial charge in [-0.3, -0.25) is 4.98 Å². The van der Waals surface area contributed by atoms with Gasteiger partial charge in [0.1, 0.15) is 0 Å². The first-order valence-electron chi connectivity index (χ1n) is 18.3. The van der Waals surface area contributed by atoms with E-state index >= 15 is 0 Å². The number of hydrogen-bond donors (Lipinski definition) is 0. The minimum absolute atomic E-state index is 0.854. The summed E-state index contributed by atoms with van der Waals surface area (Å²) in [5, 5.41) is 3.60. The molecule has 0 N–H and O–H groups in total. The third-order valence-corrected chi connectivity index (χ3v) is 10.4. The van der Waals surface area contributed by atoms with Crippen molar-refractivity contribution in [3.63, 3.8) is 0 Å². The van der Waals surface area contributed by atoms with Crippen molar-refractivity contribution < 1.29 is 0 Å². The van der Waals surface area contributed by atoms with Crippen LogP contribution in [0.2, 0.25) is 0 Å². The molecule has 5 heteroatoms. The van der Waals surface area contributed by atoms with Gasteiger partial charge in [0.15, 0.2) is 0 Å². The highest BCUT2D eigenvalue weighted by Crippen LogP contribution is 2.43. The molecule has 0 atom stereocenters. The van der Waals surface area contributed by atoms with Crippen molar-refractivity contribution >= 4 is 60.8 Å². The van der Waals surface area contributed by atoms with E-state index < -0.39 is 0 Å². The number of aryl methyl sites for hydroxylation is 2. The van der Waals surface area contributed by atoms with Crippen LogP contribution in [0.25, 0.3) is 71.9 Å². The van der Waals surface area contributed by atoms with Crippen molar-refractivity contribution in [3.8, 4) is 28.2 Å². The molecule has 10 rings (SSSR count). The first-order valence-corrected chi connectivity index (χ1v) is 18.3. The monoisotopic (exact) mass is 693 g/mol. The normalized spacial score (nSPS) is 11.5. The lowest BCUT2D eigenvalue weighted by Gasteiger charge is -2.29. The third kappa shape index (κ3) is 5.21. The molecule has 0 aliphatic heterocycles. The van der Waals surface area contributed by atoms with Crippen molar-refractivity contribution in [2.24, 2.45) is 0 Å². The summed E-state index contributed by atoms with van der Waals surface area (Å²) in [5.41, 5.74) is 15.5. The number of fused-ring (bicyclic) bond motifs is 5. The van der Waals surface area contributed by atoms with Crippen LogP contribution in [0, 0.1) is 13.8 Å². The van der Waals surface area contributed by atoms with E-state index in [1.807, 2.05) is 54.7 Å². The fourth-order valence-electron chi connectivity index (χ4n) is 7.89. The van der Waals surface area contributed by atoms with E-state index in [4.69, 9.17) is 15.0 Å². The summed E-state index contributed by atoms with van der Waals surface area (Å²) in [6, 6.07) is 59.7. The summed E-state index contributed by atoms with van der Waals surface area (Å²) < 4.78 is 2.41. The van der Waals surface area contributed by atoms with Gasteiger partial charge in [-0.05, 0) is 85.6 Å². The van der Waals surface area contributed by atoms with E-state index in [0.717, 1.165) is 67.1 Å². The maximum atomic E-state index is 5.17. The summed E-state index contributed by atoms with van der Waals surface area (Å²) in [5.74, 6) is 0. The fourth-order valence-corrected chi connectivity index (χ4v) is 7.89. The molecule has 0 bridgehead atoms. The highest BCUT2D eigenvalue weighted by Gasteiger charge is 2.22. The topological polar surface area (TPSA) is 46.8 Å². The quantitative estimate of drug-likeness (QED) is 0.174. The number of benzene rings is 7. The van der Waals surface area contributed by atoms with Gasteiger partial charge in [0.25, 0.3) is 0 Å². The van der Waals surface area contributed by atoms with E-state index in [0.29, 0.717) is 0 Å². The Hall–Kier alpha value is -7.11. The second-order valence-corrected chi connectivity index (χ2v) is 13.8. The average molecular weight is 694 g/mol. The molecule has 0 spiro atoms. The minimum atomic E-state index is 0.854. The first-order chi connectivity index (χ1) is 26.6. The van der Waals surface area contributed by atoms with Gasteiger partial charge in [0.2, 0.25) is 0 Å². The number of anilines is 3. The predicted molar refractivity (Wildman–Crippen MR) is 224 cm³/mol. The van der Waals surface area contributed by atoms with Crippen LogP contribution in [0.15, 0.2) is 176 Å². The van der Waals surface area contributed by atoms with E-state index in [2.05, 4.69) is 145 Å². The number of rotatable bonds is 6. The Morgan fingerprint density at radius 1 is 0.481 bits per heavy atom. The number of pyridine rings is 1. The SMILES string of the molecule is Cc1cc(-n2c3ccccc3c3ccccc32)c(C)cc1N(c1ccc(-c2nc3ccccc3nc2-c2ccccc2)cc1)c1cccc2cccnc12. The number of aromatic nitrogens is 4. The zero-order valence-corrected chi connectivity index (χ0v) is 30.0. The van der Waals surface area contributed by atoms with Gasteiger partial charge in [0.05, 0.1) is 44.7 Å². The molecule has 54 heavy (non-hydrogen) atoms. The van der Waals surface area contributed by atoms with Gasteiger partial charge in [-0.2, -0.15) is 0 Å². The molecule has 0 amide bonds. The van der Waals surface area contributed by atoms with Crippen LogP contribution in [0.1, 0.15) is 11.1 Å². The maximum Gasteiger partial charge on any atom is 0.0973 e. The fraction of sp³-hybridized carbons (Fsp3) is 0.0408. The third-order valence-electron chi connectivity index (χ3n) is 10.4. The van der Waals surface area contributed by atoms with Gasteiger partial charge in [-0.15, -0.1) is 0 Å². The number of para-hydroxylation sites is 5. The lowest BCUT2D eigenvalue weighted by Crippen LogP contribution is -2.13. The van der Waals surface area contributed by atoms with E-state index in [9.17, 15) is 0 Å². The Bertz CT molecular complexity index is 2960. The Balaban J connectivity index is 1.15. The molecule has 7 aromatic carbocycles. The Morgan fingerprint density at radius 2 is 1.07 bits per heavy atom. The lowest BCUT2D eigenvalue weighted by atomic mass is 10.0. The Kier molecular flexibility index (Phi) is 7.51. The molecule has 3 heterocycles. The van der Waals surface area contributed by atoms with Gasteiger partial charge in [-0.1, -0.05) is 109 Å². The Labute approximate surface area is 313 Å². The van der Waals surface area contributed by atoms with Crippen molar-refractivity contribution in [1.29, 1.82) is 0 Å². The van der Waals surface area contributed by atoms with Crippen LogP contribution >= 0.6 is 0 Å². The molecular formula is C49H35N5. The van der Waals surface area contributed by atoms with Crippen LogP contribution < -0.4 is 4.90 Å². The highest BCUT2D eigenvalue weighted by atomic mass is 15.2. The van der Waals surface area contributed by atoms with Crippen LogP contribution in [-0.2, 0) is 0 Å². The number of nitrogens with zero attached hydrogens (tertiary/aromatic N) is 5. The molecular weight excluding hydrogens is 659 g/mol. The van der Waals surface area contributed by atoms with E-state index in [-0.39, 0.29) is 0 Å². The second kappa shape index (κ2) is 12.8. The largest absolute Gasteiger partial charge is 0.309 e. The molecule has 5 nitrogen and oxygen atoms in total. The Morgan fingerprint density at radius 3 is 1.76 bits per heavy atom. The van der Waals surface area contributed by atoms with Crippen LogP contribution in [-0.4, -0.2) is 19.5 Å². The molecule has 0 radical (unpaired) electrons. The van der Waals surface area contributed by atoms with Crippen molar-refractivity contribution in [1.82, 2.24) is 19.5 Å². The molecule has 0 aliphatic carbocycles. The maximum absolute atomic E-state index is 5.17. The molecule has 0 unspecified atom stereocenters. The smallest absolute Gasteiger partial charge is 0.0973 e. The summed E-state index contributed by atoms with van der Waals surface area (Å²) in [4.78, 5) is 17.5. The van der Waals surface area contributed by atoms with Crippen molar-refractivity contribution in [2.75, 3.05) is 4.90 Å². The number of hydrogen-bond acceptors (Lipinski definition) is 4. The summed E-state index contributed by atoms with van der Waals surface area (Å²) in [6.07, 6.45) is 1.88. The molecule has 0 saturated carbocycles. The van der Waals surface area contributed by atoms with Gasteiger partial charge in [0, 0.05) is 50.5 Å². The summed E-state index contributed by atoms with van der Waals surface area (Å²) in [7, 11) is 0. The van der Waals surface area contributed by atoms with Crippen LogP contribution in [0.3, 0.4) is 0 Å². The average Bonchev–Trinajstić information content (AvgIpc) is 3.56. The zero-order chi connectivity index (χ0) is 36.2. The van der Waals surface area contributed by atoms with Crippen molar-refractivity contribution in [2.45, 2.75) is 13.8 Å². The second-order valence-electron chi connectivity index (χ2n) is 13.8. The molecule has 256 valence electrons. The minimum Gasteiger partial charge on any atom is -0.309 e. The van der Waals surface area contributed by atoms with Crippen LogP contribution in [0.4, 0.5) is 17.1 Å². The van der Waals surface area contributed by atoms with E-state index in [1.165, 1.54) is 33.1 Å². The molecule has 0 saturated heterocycles. The van der Waals surface area contributed by atoms with Crippen LogP contribution in [0.5, 0.6) is 0 Å². The van der Waals surface area contributed by atoms with Gasteiger partial charge >= 0.3 is 0 Å². The van der Waals surface area contributed by atoms with E-state index in [1.54, 1.807) is 0 Å². The standard InChI is InChI=1S/C49H35N5/c1-32-31-46(54-42-22-10-6-18-38(42)39-19-7-11-23-43(39)54)33(2)30-45(32)53(44-24-12-16-34-17-13-29-50-47(34)44)37-27-25-36(26-28-37)49-48(35-14-4-3-5-15-35)51-40-20-8-9-21-41(40)52-49/h3-31H,1-2H3. The molecule has 3 aromatic heterocycles. The van der Waals surface area contributed by atoms with Gasteiger partial charge in [-0.25, -0.2) is 9.97 Å². The van der Waals surface area contributed by atoms with Gasteiger partial charge < -0.3 is 9.47 Å². The van der Waals surface area contributed by atoms with Crippen molar-refractivity contribution in [3.05, 3.63) is 187 Å². The molecule has 0 fully saturated rings.